The highest BCUT2D eigenvalue weighted by Crippen LogP contribution is 2.28. The summed E-state index contributed by atoms with van der Waals surface area (Å²) in [7, 11) is 0. The van der Waals surface area contributed by atoms with E-state index in [9.17, 15) is 14.4 Å². The second-order valence-corrected chi connectivity index (χ2v) is 6.35. The maximum absolute atomic E-state index is 12.5. The van der Waals surface area contributed by atoms with E-state index in [1.54, 1.807) is 0 Å². The summed E-state index contributed by atoms with van der Waals surface area (Å²) in [5, 5.41) is 5.36. The van der Waals surface area contributed by atoms with Crippen LogP contribution in [0.5, 0.6) is 0 Å². The minimum Gasteiger partial charge on any atom is -0.368 e. The van der Waals surface area contributed by atoms with Crippen molar-refractivity contribution in [2.45, 2.75) is 30.8 Å². The lowest BCUT2D eigenvalue weighted by atomic mass is 9.84. The van der Waals surface area contributed by atoms with E-state index in [-0.39, 0.29) is 5.91 Å². The summed E-state index contributed by atoms with van der Waals surface area (Å²) >= 11 is 0. The van der Waals surface area contributed by atoms with Crippen LogP contribution in [0.1, 0.15) is 29.9 Å². The molecule has 3 rings (SSSR count). The lowest BCUT2D eigenvalue weighted by Crippen LogP contribution is -2.53. The molecule has 134 valence electrons. The van der Waals surface area contributed by atoms with Crippen LogP contribution in [0, 0.1) is 0 Å². The molecule has 2 atom stereocenters. The molecule has 1 aliphatic heterocycles. The number of nitrogens with two attached hydrogens (primary N) is 1. The van der Waals surface area contributed by atoms with Crippen LogP contribution in [0.25, 0.3) is 0 Å². The molecule has 1 aliphatic rings. The number of benzene rings is 2. The molecule has 0 unspecified atom stereocenters. The molecular formula is C20H21N3O3. The lowest BCUT2D eigenvalue weighted by molar-refractivity contribution is -0.129. The fourth-order valence-electron chi connectivity index (χ4n) is 3.28. The van der Waals surface area contributed by atoms with Gasteiger partial charge in [-0.2, -0.15) is 0 Å². The Balaban J connectivity index is 1.92. The minimum absolute atomic E-state index is 0.163. The monoisotopic (exact) mass is 351 g/mol. The zero-order valence-electron chi connectivity index (χ0n) is 14.2. The summed E-state index contributed by atoms with van der Waals surface area (Å²) in [6, 6.07) is 17.3. The van der Waals surface area contributed by atoms with Crippen molar-refractivity contribution in [1.29, 1.82) is 0 Å². The fourth-order valence-corrected chi connectivity index (χ4v) is 3.28. The Morgan fingerprint density at radius 3 is 1.96 bits per heavy atom. The number of carbonyl (C=O) groups is 3. The summed E-state index contributed by atoms with van der Waals surface area (Å²) < 4.78 is 0. The largest absolute Gasteiger partial charge is 0.368 e. The maximum Gasteiger partial charge on any atom is 0.243 e. The zero-order valence-corrected chi connectivity index (χ0v) is 14.2. The smallest absolute Gasteiger partial charge is 0.243 e. The predicted molar refractivity (Wildman–Crippen MR) is 97.0 cm³/mol. The Morgan fingerprint density at radius 1 is 1.00 bits per heavy atom. The molecule has 4 N–H and O–H groups in total. The first-order valence-electron chi connectivity index (χ1n) is 8.55. The van der Waals surface area contributed by atoms with Crippen molar-refractivity contribution in [3.05, 3.63) is 71.8 Å². The van der Waals surface area contributed by atoms with Gasteiger partial charge in [0.1, 0.15) is 12.1 Å². The SMILES string of the molecule is NC(=O)[C@H](NC(=O)[C@@H]1CCC(=O)N1)C(c1ccccc1)c1ccccc1. The Kier molecular flexibility index (Phi) is 5.31. The summed E-state index contributed by atoms with van der Waals surface area (Å²) in [4.78, 5) is 36.1. The molecular weight excluding hydrogens is 330 g/mol. The number of nitrogens with one attached hydrogen (secondary N) is 2. The van der Waals surface area contributed by atoms with Gasteiger partial charge in [-0.1, -0.05) is 60.7 Å². The van der Waals surface area contributed by atoms with Gasteiger partial charge in [0.05, 0.1) is 0 Å². The summed E-state index contributed by atoms with van der Waals surface area (Å²) in [5.74, 6) is -1.60. The van der Waals surface area contributed by atoms with Crippen LogP contribution >= 0.6 is 0 Å². The van der Waals surface area contributed by atoms with E-state index in [0.29, 0.717) is 12.8 Å². The van der Waals surface area contributed by atoms with E-state index in [0.717, 1.165) is 11.1 Å². The van der Waals surface area contributed by atoms with E-state index in [1.165, 1.54) is 0 Å². The van der Waals surface area contributed by atoms with Gasteiger partial charge in [0.15, 0.2) is 0 Å². The van der Waals surface area contributed by atoms with Crippen LogP contribution in [-0.2, 0) is 14.4 Å². The Bertz CT molecular complexity index is 753. The molecule has 1 saturated heterocycles. The predicted octanol–water partition coefficient (Wildman–Crippen LogP) is 1.07. The normalized spacial score (nSPS) is 17.6. The van der Waals surface area contributed by atoms with Gasteiger partial charge in [0.2, 0.25) is 17.7 Å². The lowest BCUT2D eigenvalue weighted by Gasteiger charge is -2.27. The van der Waals surface area contributed by atoms with Crippen molar-refractivity contribution in [3.63, 3.8) is 0 Å². The van der Waals surface area contributed by atoms with Crippen molar-refractivity contribution in [2.24, 2.45) is 5.73 Å². The van der Waals surface area contributed by atoms with Crippen LogP contribution in [0.2, 0.25) is 0 Å². The highest BCUT2D eigenvalue weighted by Gasteiger charge is 2.34. The molecule has 6 heteroatoms. The minimum atomic E-state index is -0.926. The third-order valence-corrected chi connectivity index (χ3v) is 4.57. The number of primary amides is 1. The van der Waals surface area contributed by atoms with Crippen LogP contribution in [-0.4, -0.2) is 29.8 Å². The highest BCUT2D eigenvalue weighted by atomic mass is 16.2. The average Bonchev–Trinajstić information content (AvgIpc) is 3.09. The summed E-state index contributed by atoms with van der Waals surface area (Å²) in [5.41, 5.74) is 7.39. The van der Waals surface area contributed by atoms with Crippen molar-refractivity contribution < 1.29 is 14.4 Å². The van der Waals surface area contributed by atoms with Gasteiger partial charge < -0.3 is 16.4 Å². The molecule has 0 bridgehead atoms. The maximum atomic E-state index is 12.5. The zero-order chi connectivity index (χ0) is 18.5. The van der Waals surface area contributed by atoms with Crippen molar-refractivity contribution in [3.8, 4) is 0 Å². The average molecular weight is 351 g/mol. The topological polar surface area (TPSA) is 101 Å². The van der Waals surface area contributed by atoms with Gasteiger partial charge in [-0.05, 0) is 17.5 Å². The van der Waals surface area contributed by atoms with Gasteiger partial charge in [0.25, 0.3) is 0 Å². The quantitative estimate of drug-likeness (QED) is 0.725. The molecule has 3 amide bonds. The number of rotatable bonds is 6. The van der Waals surface area contributed by atoms with Crippen LogP contribution in [0.3, 0.4) is 0 Å². The Labute approximate surface area is 151 Å². The van der Waals surface area contributed by atoms with Crippen LogP contribution < -0.4 is 16.4 Å². The molecule has 0 saturated carbocycles. The van der Waals surface area contributed by atoms with Gasteiger partial charge in [0, 0.05) is 12.3 Å². The first-order chi connectivity index (χ1) is 12.6. The van der Waals surface area contributed by atoms with E-state index in [4.69, 9.17) is 5.73 Å². The molecule has 0 aliphatic carbocycles. The van der Waals surface area contributed by atoms with Gasteiger partial charge in [-0.25, -0.2) is 0 Å². The molecule has 1 fully saturated rings. The number of hydrogen-bond acceptors (Lipinski definition) is 3. The number of carbonyl (C=O) groups excluding carboxylic acids is 3. The summed E-state index contributed by atoms with van der Waals surface area (Å²) in [6.45, 7) is 0. The fraction of sp³-hybridized carbons (Fsp3) is 0.250. The van der Waals surface area contributed by atoms with E-state index in [2.05, 4.69) is 10.6 Å². The molecule has 6 nitrogen and oxygen atoms in total. The van der Waals surface area contributed by atoms with Crippen LogP contribution in [0.15, 0.2) is 60.7 Å². The van der Waals surface area contributed by atoms with E-state index >= 15 is 0 Å². The van der Waals surface area contributed by atoms with Gasteiger partial charge >= 0.3 is 0 Å². The first kappa shape index (κ1) is 17.7. The molecule has 2 aromatic carbocycles. The third-order valence-electron chi connectivity index (χ3n) is 4.57. The second kappa shape index (κ2) is 7.82. The first-order valence-corrected chi connectivity index (χ1v) is 8.55. The molecule has 2 aromatic rings. The van der Waals surface area contributed by atoms with E-state index < -0.39 is 29.8 Å². The molecule has 0 radical (unpaired) electrons. The molecule has 26 heavy (non-hydrogen) atoms. The molecule has 0 aromatic heterocycles. The number of amides is 3. The van der Waals surface area contributed by atoms with Crippen molar-refractivity contribution in [2.75, 3.05) is 0 Å². The second-order valence-electron chi connectivity index (χ2n) is 6.35. The molecule has 0 spiro atoms. The van der Waals surface area contributed by atoms with Gasteiger partial charge in [-0.15, -0.1) is 0 Å². The molecule has 1 heterocycles. The van der Waals surface area contributed by atoms with Crippen molar-refractivity contribution >= 4 is 17.7 Å². The van der Waals surface area contributed by atoms with Gasteiger partial charge in [-0.3, -0.25) is 14.4 Å². The van der Waals surface area contributed by atoms with Crippen LogP contribution in [0.4, 0.5) is 0 Å². The van der Waals surface area contributed by atoms with Crippen molar-refractivity contribution in [1.82, 2.24) is 10.6 Å². The number of hydrogen-bond donors (Lipinski definition) is 3. The summed E-state index contributed by atoms with van der Waals surface area (Å²) in [6.07, 6.45) is 0.720. The van der Waals surface area contributed by atoms with E-state index in [1.807, 2.05) is 60.7 Å². The Morgan fingerprint density at radius 2 is 1.54 bits per heavy atom. The highest BCUT2D eigenvalue weighted by molar-refractivity contribution is 5.94. The standard InChI is InChI=1S/C20H21N3O3/c21-19(25)18(23-20(26)15-11-12-16(24)22-15)17(13-7-3-1-4-8-13)14-9-5-2-6-10-14/h1-10,15,17-18H,11-12H2,(H2,21,25)(H,22,24)(H,23,26)/t15-,18+/m0/s1. The third kappa shape index (κ3) is 3.91. The Hall–Kier alpha value is -3.15.